The van der Waals surface area contributed by atoms with Crippen molar-refractivity contribution in [3.63, 3.8) is 0 Å². The van der Waals surface area contributed by atoms with E-state index in [0.717, 1.165) is 24.6 Å². The Labute approximate surface area is 91.5 Å². The maximum atomic E-state index is 5.36. The van der Waals surface area contributed by atoms with Crippen LogP contribution in [0.4, 0.5) is 0 Å². The summed E-state index contributed by atoms with van der Waals surface area (Å²) in [7, 11) is 2.06. The summed E-state index contributed by atoms with van der Waals surface area (Å²) in [5, 5.41) is 0. The van der Waals surface area contributed by atoms with Crippen LogP contribution in [0.1, 0.15) is 13.3 Å². The van der Waals surface area contributed by atoms with Crippen LogP contribution in [-0.4, -0.2) is 42.9 Å². The molecule has 0 amide bonds. The molecule has 0 aliphatic rings. The average Bonchev–Trinajstić information content (AvgIpc) is 2.20. The first-order chi connectivity index (χ1) is 6.72. The highest BCUT2D eigenvalue weighted by atomic mass is 32.2. The van der Waals surface area contributed by atoms with Gasteiger partial charge in [0.2, 0.25) is 0 Å². The third-order valence-electron chi connectivity index (χ3n) is 1.88. The number of nitrogens with two attached hydrogens (primary N) is 1. The van der Waals surface area contributed by atoms with Crippen LogP contribution >= 0.6 is 11.8 Å². The highest BCUT2D eigenvalue weighted by molar-refractivity contribution is 7.98. The van der Waals surface area contributed by atoms with Crippen molar-refractivity contribution in [2.75, 3.05) is 32.1 Å². The number of nitrogens with zero attached hydrogens (tertiary/aromatic N) is 2. The third-order valence-corrected chi connectivity index (χ3v) is 2.47. The predicted octanol–water partition coefficient (Wildman–Crippen LogP) is 1.56. The summed E-state index contributed by atoms with van der Waals surface area (Å²) in [5.41, 5.74) is 5.36. The molecule has 0 rings (SSSR count). The zero-order valence-electron chi connectivity index (χ0n) is 9.36. The average molecular weight is 215 g/mol. The Balaban J connectivity index is 3.83. The van der Waals surface area contributed by atoms with Crippen LogP contribution in [-0.2, 0) is 0 Å². The summed E-state index contributed by atoms with van der Waals surface area (Å²) in [6.07, 6.45) is 6.83. The fourth-order valence-corrected chi connectivity index (χ4v) is 1.28. The normalized spacial score (nSPS) is 12.4. The molecule has 14 heavy (non-hydrogen) atoms. The van der Waals surface area contributed by atoms with E-state index in [9.17, 15) is 0 Å². The Morgan fingerprint density at radius 3 is 2.86 bits per heavy atom. The van der Waals surface area contributed by atoms with Gasteiger partial charge in [0.15, 0.2) is 0 Å². The first-order valence-electron chi connectivity index (χ1n) is 4.82. The fraction of sp³-hybridized carbons (Fsp3) is 0.700. The van der Waals surface area contributed by atoms with Crippen molar-refractivity contribution >= 4 is 17.6 Å². The Morgan fingerprint density at radius 1 is 1.57 bits per heavy atom. The van der Waals surface area contributed by atoms with Crippen molar-refractivity contribution in [2.24, 2.45) is 10.7 Å². The zero-order chi connectivity index (χ0) is 10.8. The highest BCUT2D eigenvalue weighted by Gasteiger charge is 1.97. The first kappa shape index (κ1) is 13.5. The number of hydrogen-bond donors (Lipinski definition) is 1. The van der Waals surface area contributed by atoms with Gasteiger partial charge in [0.25, 0.3) is 0 Å². The number of hydrogen-bond acceptors (Lipinski definition) is 3. The molecule has 4 heteroatoms. The number of aliphatic imine (C=N–C) groups is 1. The van der Waals surface area contributed by atoms with Crippen LogP contribution in [0.3, 0.4) is 0 Å². The Morgan fingerprint density at radius 2 is 2.29 bits per heavy atom. The van der Waals surface area contributed by atoms with Crippen molar-refractivity contribution in [3.8, 4) is 0 Å². The number of thioether (sulfide) groups is 1. The molecule has 0 heterocycles. The largest absolute Gasteiger partial charge is 0.363 e. The van der Waals surface area contributed by atoms with E-state index in [2.05, 4.69) is 23.2 Å². The lowest BCUT2D eigenvalue weighted by molar-refractivity contribution is 0.537. The lowest BCUT2D eigenvalue weighted by Gasteiger charge is -2.17. The fourth-order valence-electron chi connectivity index (χ4n) is 0.820. The van der Waals surface area contributed by atoms with Gasteiger partial charge in [-0.15, -0.1) is 0 Å². The predicted molar refractivity (Wildman–Crippen MR) is 66.9 cm³/mol. The summed E-state index contributed by atoms with van der Waals surface area (Å²) < 4.78 is 0. The molecule has 0 aliphatic carbocycles. The van der Waals surface area contributed by atoms with Gasteiger partial charge in [0.1, 0.15) is 5.84 Å². The lowest BCUT2D eigenvalue weighted by Crippen LogP contribution is -2.26. The minimum atomic E-state index is 0.688. The van der Waals surface area contributed by atoms with Crippen molar-refractivity contribution in [3.05, 3.63) is 12.3 Å². The molecule has 0 radical (unpaired) electrons. The maximum Gasteiger partial charge on any atom is 0.101 e. The summed E-state index contributed by atoms with van der Waals surface area (Å²) in [4.78, 5) is 6.47. The van der Waals surface area contributed by atoms with Crippen LogP contribution in [0.5, 0.6) is 0 Å². The molecule has 0 saturated carbocycles. The van der Waals surface area contributed by atoms with Crippen molar-refractivity contribution in [2.45, 2.75) is 13.3 Å². The SMILES string of the molecule is CSCCN(C)C(C)=N/C=C\CCN. The van der Waals surface area contributed by atoms with Crippen molar-refractivity contribution in [1.29, 1.82) is 0 Å². The molecule has 0 fully saturated rings. The Bertz CT molecular complexity index is 190. The Hall–Kier alpha value is -0.480. The molecule has 0 unspecified atom stereocenters. The molecular weight excluding hydrogens is 194 g/mol. The van der Waals surface area contributed by atoms with Gasteiger partial charge in [-0.1, -0.05) is 6.08 Å². The molecule has 0 aromatic carbocycles. The molecule has 82 valence electrons. The molecule has 3 nitrogen and oxygen atoms in total. The van der Waals surface area contributed by atoms with E-state index in [4.69, 9.17) is 5.73 Å². The minimum absolute atomic E-state index is 0.688. The number of rotatable bonds is 6. The molecule has 0 atom stereocenters. The van der Waals surface area contributed by atoms with Crippen LogP contribution in [0.2, 0.25) is 0 Å². The van der Waals surface area contributed by atoms with Gasteiger partial charge < -0.3 is 10.6 Å². The van der Waals surface area contributed by atoms with E-state index < -0.39 is 0 Å². The molecule has 0 spiro atoms. The van der Waals surface area contributed by atoms with Gasteiger partial charge in [0, 0.05) is 25.5 Å². The number of amidine groups is 1. The molecular formula is C10H21N3S. The van der Waals surface area contributed by atoms with Crippen LogP contribution in [0.15, 0.2) is 17.3 Å². The lowest BCUT2D eigenvalue weighted by atomic mass is 10.4. The highest BCUT2D eigenvalue weighted by Crippen LogP contribution is 1.95. The van der Waals surface area contributed by atoms with Gasteiger partial charge in [-0.05, 0) is 26.1 Å². The van der Waals surface area contributed by atoms with Crippen LogP contribution in [0, 0.1) is 0 Å². The van der Waals surface area contributed by atoms with Crippen LogP contribution in [0.25, 0.3) is 0 Å². The second-order valence-corrected chi connectivity index (χ2v) is 4.04. The smallest absolute Gasteiger partial charge is 0.101 e. The minimum Gasteiger partial charge on any atom is -0.363 e. The van der Waals surface area contributed by atoms with E-state index in [1.54, 1.807) is 0 Å². The standard InChI is InChI=1S/C10H21N3S/c1-10(12-7-5-4-6-11)13(2)8-9-14-3/h5,7H,4,6,8-9,11H2,1-3H3/b7-5-,12-10?. The third kappa shape index (κ3) is 6.97. The molecule has 0 aromatic heterocycles. The molecule has 2 N–H and O–H groups in total. The first-order valence-corrected chi connectivity index (χ1v) is 6.21. The van der Waals surface area contributed by atoms with Crippen molar-refractivity contribution in [1.82, 2.24) is 4.90 Å². The quantitative estimate of drug-likeness (QED) is 0.540. The molecule has 0 saturated heterocycles. The van der Waals surface area contributed by atoms with Crippen LogP contribution < -0.4 is 5.73 Å². The zero-order valence-corrected chi connectivity index (χ0v) is 10.2. The van der Waals surface area contributed by atoms with Gasteiger partial charge in [-0.2, -0.15) is 11.8 Å². The van der Waals surface area contributed by atoms with Gasteiger partial charge >= 0.3 is 0 Å². The van der Waals surface area contributed by atoms with E-state index in [-0.39, 0.29) is 0 Å². The second-order valence-electron chi connectivity index (χ2n) is 3.05. The van der Waals surface area contributed by atoms with Gasteiger partial charge in [-0.3, -0.25) is 0 Å². The summed E-state index contributed by atoms with van der Waals surface area (Å²) >= 11 is 1.85. The van der Waals surface area contributed by atoms with Gasteiger partial charge in [-0.25, -0.2) is 4.99 Å². The molecule has 0 bridgehead atoms. The molecule has 0 aromatic rings. The monoisotopic (exact) mass is 215 g/mol. The second kappa shape index (κ2) is 9.09. The van der Waals surface area contributed by atoms with E-state index in [1.165, 1.54) is 0 Å². The van der Waals surface area contributed by atoms with E-state index >= 15 is 0 Å². The molecule has 0 aliphatic heterocycles. The van der Waals surface area contributed by atoms with Crippen molar-refractivity contribution < 1.29 is 0 Å². The summed E-state index contributed by atoms with van der Waals surface area (Å²) in [6, 6.07) is 0. The maximum absolute atomic E-state index is 5.36. The topological polar surface area (TPSA) is 41.6 Å². The Kier molecular flexibility index (Phi) is 8.78. The summed E-state index contributed by atoms with van der Waals surface area (Å²) in [6.45, 7) is 3.75. The van der Waals surface area contributed by atoms with E-state index in [1.807, 2.05) is 31.0 Å². The van der Waals surface area contributed by atoms with Gasteiger partial charge in [0.05, 0.1) is 0 Å². The summed E-state index contributed by atoms with van der Waals surface area (Å²) in [5.74, 6) is 2.18. The van der Waals surface area contributed by atoms with E-state index in [0.29, 0.717) is 6.54 Å².